The predicted octanol–water partition coefficient (Wildman–Crippen LogP) is 1.79. The molecule has 1 aromatic rings. The lowest BCUT2D eigenvalue weighted by atomic mass is 9.79. The van der Waals surface area contributed by atoms with Crippen molar-refractivity contribution in [2.45, 2.75) is 5.92 Å². The largest absolute Gasteiger partial charge is 0.496 e. The van der Waals surface area contributed by atoms with Crippen molar-refractivity contribution in [3.05, 3.63) is 29.2 Å². The summed E-state index contributed by atoms with van der Waals surface area (Å²) in [7, 11) is 3.97. The van der Waals surface area contributed by atoms with Crippen molar-refractivity contribution in [1.29, 1.82) is 10.5 Å². The number of nitrogens with zero attached hydrogens (tertiary/aromatic N) is 2. The molecule has 0 saturated heterocycles. The van der Waals surface area contributed by atoms with Crippen molar-refractivity contribution >= 4 is 5.97 Å². The number of aliphatic hydroxyl groups is 1. The highest BCUT2D eigenvalue weighted by Gasteiger charge is 2.43. The van der Waals surface area contributed by atoms with E-state index in [-0.39, 0.29) is 22.6 Å². The van der Waals surface area contributed by atoms with E-state index in [1.807, 2.05) is 12.1 Å². The van der Waals surface area contributed by atoms with Crippen LogP contribution in [0, 0.1) is 28.6 Å². The van der Waals surface area contributed by atoms with Gasteiger partial charge >= 0.3 is 5.97 Å². The fourth-order valence-corrected chi connectivity index (χ4v) is 2.52. The van der Waals surface area contributed by atoms with Crippen molar-refractivity contribution in [3.63, 3.8) is 0 Å². The number of carbonyl (C=O) groups is 1. The highest BCUT2D eigenvalue weighted by Crippen LogP contribution is 2.49. The van der Waals surface area contributed by atoms with Crippen molar-refractivity contribution in [3.8, 4) is 29.4 Å². The minimum absolute atomic E-state index is 0.0874. The number of ether oxygens (including phenoxy) is 4. The summed E-state index contributed by atoms with van der Waals surface area (Å²) in [6.45, 7) is 0. The first-order chi connectivity index (χ1) is 11.5. The van der Waals surface area contributed by atoms with Gasteiger partial charge in [-0.25, -0.2) is 4.79 Å². The Balaban J connectivity index is 2.83. The first-order valence-electron chi connectivity index (χ1n) is 6.76. The molecule has 0 radical (unpaired) electrons. The lowest BCUT2D eigenvalue weighted by Crippen LogP contribution is -2.29. The van der Waals surface area contributed by atoms with Gasteiger partial charge in [0.1, 0.15) is 28.7 Å². The van der Waals surface area contributed by atoms with E-state index in [2.05, 4.69) is 0 Å². The SMILES string of the molecule is CO/C(O)=C1/C(=O)Oc2cc(OC)cc(OC)c2C1C(C#N)C#N. The maximum Gasteiger partial charge on any atom is 0.347 e. The van der Waals surface area contributed by atoms with E-state index in [0.29, 0.717) is 5.75 Å². The van der Waals surface area contributed by atoms with E-state index in [4.69, 9.17) is 18.9 Å². The molecule has 1 aliphatic heterocycles. The Kier molecular flexibility index (Phi) is 4.81. The summed E-state index contributed by atoms with van der Waals surface area (Å²) in [6.07, 6.45) is 0. The molecule has 1 aliphatic rings. The van der Waals surface area contributed by atoms with Gasteiger partial charge in [0, 0.05) is 17.7 Å². The summed E-state index contributed by atoms with van der Waals surface area (Å²) in [5.41, 5.74) is -0.0360. The molecule has 0 spiro atoms. The Morgan fingerprint density at radius 3 is 2.42 bits per heavy atom. The van der Waals surface area contributed by atoms with Gasteiger partial charge in [-0.15, -0.1) is 0 Å². The van der Waals surface area contributed by atoms with E-state index in [0.717, 1.165) is 7.11 Å². The number of hydrogen-bond donors (Lipinski definition) is 1. The lowest BCUT2D eigenvalue weighted by Gasteiger charge is -2.29. The first kappa shape index (κ1) is 17.0. The summed E-state index contributed by atoms with van der Waals surface area (Å²) < 4.78 is 20.3. The van der Waals surface area contributed by atoms with Crippen LogP contribution in [-0.4, -0.2) is 32.4 Å². The van der Waals surface area contributed by atoms with Gasteiger partial charge in [-0.3, -0.25) is 0 Å². The van der Waals surface area contributed by atoms with Gasteiger partial charge in [-0.1, -0.05) is 0 Å². The fourth-order valence-electron chi connectivity index (χ4n) is 2.52. The van der Waals surface area contributed by atoms with Crippen molar-refractivity contribution in [2.75, 3.05) is 21.3 Å². The average Bonchev–Trinajstić information content (AvgIpc) is 2.60. The zero-order valence-corrected chi connectivity index (χ0v) is 13.2. The minimum Gasteiger partial charge on any atom is -0.496 e. The average molecular weight is 330 g/mol. The number of carbonyl (C=O) groups excluding carboxylic acids is 1. The molecule has 0 amide bonds. The maximum absolute atomic E-state index is 12.3. The molecule has 0 fully saturated rings. The van der Waals surface area contributed by atoms with Crippen LogP contribution < -0.4 is 14.2 Å². The van der Waals surface area contributed by atoms with E-state index in [1.165, 1.54) is 26.4 Å². The van der Waals surface area contributed by atoms with Crippen LogP contribution >= 0.6 is 0 Å². The van der Waals surface area contributed by atoms with Gasteiger partial charge in [0.25, 0.3) is 5.95 Å². The van der Waals surface area contributed by atoms with Gasteiger partial charge in [0.05, 0.1) is 39.4 Å². The summed E-state index contributed by atoms with van der Waals surface area (Å²) in [4.78, 5) is 12.3. The second-order valence-corrected chi connectivity index (χ2v) is 4.77. The highest BCUT2D eigenvalue weighted by molar-refractivity contribution is 5.95. The molecule has 8 heteroatoms. The van der Waals surface area contributed by atoms with E-state index in [9.17, 15) is 20.4 Å². The predicted molar refractivity (Wildman–Crippen MR) is 79.3 cm³/mol. The molecule has 1 unspecified atom stereocenters. The number of aliphatic hydroxyl groups excluding tert-OH is 1. The molecule has 1 atom stereocenters. The third-order valence-electron chi connectivity index (χ3n) is 3.61. The van der Waals surface area contributed by atoms with Gasteiger partial charge < -0.3 is 24.1 Å². The van der Waals surface area contributed by atoms with Crippen LogP contribution in [-0.2, 0) is 9.53 Å². The molecular formula is C16H14N2O6. The molecule has 1 heterocycles. The Hall–Kier alpha value is -3.39. The maximum atomic E-state index is 12.3. The topological polar surface area (TPSA) is 122 Å². The molecule has 0 aliphatic carbocycles. The Morgan fingerprint density at radius 2 is 1.92 bits per heavy atom. The number of nitriles is 2. The van der Waals surface area contributed by atoms with E-state index >= 15 is 0 Å². The van der Waals surface area contributed by atoms with Gasteiger partial charge in [-0.2, -0.15) is 10.5 Å². The second-order valence-electron chi connectivity index (χ2n) is 4.77. The second kappa shape index (κ2) is 6.80. The number of esters is 1. The standard InChI is InChI=1S/C16H14N2O6/c1-21-9-4-10(22-2)13-11(5-9)24-16(20)14(15(19)23-3)12(13)8(6-17)7-18/h4-5,8,12,19H,1-3H3/b15-14+. The molecule has 8 nitrogen and oxygen atoms in total. The van der Waals surface area contributed by atoms with E-state index in [1.54, 1.807) is 0 Å². The molecule has 1 N–H and O–H groups in total. The number of fused-ring (bicyclic) bond motifs is 1. The minimum atomic E-state index is -1.27. The molecule has 2 rings (SSSR count). The third kappa shape index (κ3) is 2.66. The molecule has 0 aromatic heterocycles. The summed E-state index contributed by atoms with van der Waals surface area (Å²) in [5.74, 6) is -3.31. The van der Waals surface area contributed by atoms with Crippen LogP contribution in [0.1, 0.15) is 11.5 Å². The smallest absolute Gasteiger partial charge is 0.347 e. The lowest BCUT2D eigenvalue weighted by molar-refractivity contribution is -0.132. The number of hydrogen-bond acceptors (Lipinski definition) is 8. The molecule has 124 valence electrons. The number of rotatable bonds is 4. The van der Waals surface area contributed by atoms with Crippen molar-refractivity contribution in [2.24, 2.45) is 5.92 Å². The fraction of sp³-hybridized carbons (Fsp3) is 0.312. The van der Waals surface area contributed by atoms with Crippen LogP contribution in [0.25, 0.3) is 0 Å². The summed E-state index contributed by atoms with van der Waals surface area (Å²) in [5, 5.41) is 28.5. The number of methoxy groups -OCH3 is 3. The monoisotopic (exact) mass is 330 g/mol. The van der Waals surface area contributed by atoms with Gasteiger partial charge in [-0.05, 0) is 0 Å². The molecule has 0 saturated carbocycles. The molecule has 1 aromatic carbocycles. The molecular weight excluding hydrogens is 316 g/mol. The van der Waals surface area contributed by atoms with Crippen LogP contribution in [0.4, 0.5) is 0 Å². The van der Waals surface area contributed by atoms with E-state index < -0.39 is 23.8 Å². The zero-order valence-electron chi connectivity index (χ0n) is 13.2. The van der Waals surface area contributed by atoms with Crippen LogP contribution in [0.2, 0.25) is 0 Å². The highest BCUT2D eigenvalue weighted by atomic mass is 16.6. The van der Waals surface area contributed by atoms with Crippen molar-refractivity contribution in [1.82, 2.24) is 0 Å². The summed E-state index contributed by atoms with van der Waals surface area (Å²) in [6, 6.07) is 6.60. The quantitative estimate of drug-likeness (QED) is 0.384. The Labute approximate surface area is 138 Å². The van der Waals surface area contributed by atoms with Crippen LogP contribution in [0.3, 0.4) is 0 Å². The Bertz CT molecular complexity index is 773. The zero-order chi connectivity index (χ0) is 17.9. The van der Waals surface area contributed by atoms with Crippen molar-refractivity contribution < 1.29 is 28.8 Å². The summed E-state index contributed by atoms with van der Waals surface area (Å²) >= 11 is 0. The first-order valence-corrected chi connectivity index (χ1v) is 6.76. The Morgan fingerprint density at radius 1 is 1.25 bits per heavy atom. The van der Waals surface area contributed by atoms with Crippen LogP contribution in [0.15, 0.2) is 23.7 Å². The van der Waals surface area contributed by atoms with Gasteiger partial charge in [0.2, 0.25) is 0 Å². The normalized spacial score (nSPS) is 17.9. The molecule has 24 heavy (non-hydrogen) atoms. The molecule has 0 bridgehead atoms. The van der Waals surface area contributed by atoms with Crippen LogP contribution in [0.5, 0.6) is 17.2 Å². The third-order valence-corrected chi connectivity index (χ3v) is 3.61. The number of benzene rings is 1. The van der Waals surface area contributed by atoms with Gasteiger partial charge in [0.15, 0.2) is 0 Å².